The largest absolute Gasteiger partial charge is 0.480 e. The van der Waals surface area contributed by atoms with Crippen LogP contribution in [0.3, 0.4) is 0 Å². The number of piperidine rings is 1. The zero-order chi connectivity index (χ0) is 18.9. The molecule has 0 bridgehead atoms. The van der Waals surface area contributed by atoms with Gasteiger partial charge in [-0.05, 0) is 31.4 Å². The van der Waals surface area contributed by atoms with Gasteiger partial charge in [0.25, 0.3) is 5.91 Å². The molecule has 0 radical (unpaired) electrons. The lowest BCUT2D eigenvalue weighted by Crippen LogP contribution is -2.49. The number of benzene rings is 1. The second-order valence-electron chi connectivity index (χ2n) is 6.85. The number of carboxylic acid groups (broad SMARTS) is 1. The van der Waals surface area contributed by atoms with Gasteiger partial charge in [0, 0.05) is 18.7 Å². The first-order valence-corrected chi connectivity index (χ1v) is 9.40. The summed E-state index contributed by atoms with van der Waals surface area (Å²) in [6.45, 7) is 3.01. The molecule has 2 N–H and O–H groups in total. The maximum Gasteiger partial charge on any atom is 0.326 e. The van der Waals surface area contributed by atoms with Crippen molar-refractivity contribution in [2.45, 2.75) is 51.5 Å². The van der Waals surface area contributed by atoms with Gasteiger partial charge in [-0.25, -0.2) is 4.79 Å². The molecule has 0 saturated carbocycles. The molecule has 2 amide bonds. The Bertz CT molecular complexity index is 617. The van der Waals surface area contributed by atoms with Crippen molar-refractivity contribution in [1.29, 1.82) is 0 Å². The van der Waals surface area contributed by atoms with E-state index in [-0.39, 0.29) is 17.7 Å². The number of hydrogen-bond acceptors (Lipinski definition) is 3. The quantitative estimate of drug-likeness (QED) is 0.698. The Labute approximate surface area is 154 Å². The third-order valence-electron chi connectivity index (χ3n) is 4.81. The van der Waals surface area contributed by atoms with Gasteiger partial charge in [-0.15, -0.1) is 0 Å². The van der Waals surface area contributed by atoms with Crippen molar-refractivity contribution in [3.63, 3.8) is 0 Å². The number of carbonyl (C=O) groups is 3. The number of nitrogens with one attached hydrogen (secondary N) is 1. The number of aliphatic carboxylic acids is 1. The van der Waals surface area contributed by atoms with Crippen molar-refractivity contribution in [3.05, 3.63) is 35.9 Å². The summed E-state index contributed by atoms with van der Waals surface area (Å²) in [5.41, 5.74) is 0.608. The number of carbonyl (C=O) groups excluding carboxylic acids is 2. The Balaban J connectivity index is 1.94. The molecule has 1 aromatic carbocycles. The van der Waals surface area contributed by atoms with Crippen LogP contribution in [-0.4, -0.2) is 46.9 Å². The van der Waals surface area contributed by atoms with Gasteiger partial charge in [-0.2, -0.15) is 0 Å². The zero-order valence-electron chi connectivity index (χ0n) is 15.3. The van der Waals surface area contributed by atoms with Crippen LogP contribution in [0.15, 0.2) is 30.3 Å². The topological polar surface area (TPSA) is 86.7 Å². The van der Waals surface area contributed by atoms with Crippen molar-refractivity contribution < 1.29 is 19.5 Å². The normalized spacial score (nSPS) is 18.2. The van der Waals surface area contributed by atoms with Crippen molar-refractivity contribution in [3.8, 4) is 0 Å². The highest BCUT2D eigenvalue weighted by molar-refractivity contribution is 5.94. The summed E-state index contributed by atoms with van der Waals surface area (Å²) in [5.74, 6) is -1.70. The first kappa shape index (κ1) is 19.9. The van der Waals surface area contributed by atoms with E-state index in [0.717, 1.165) is 25.7 Å². The average Bonchev–Trinajstić information content (AvgIpc) is 2.67. The summed E-state index contributed by atoms with van der Waals surface area (Å²) in [4.78, 5) is 38.2. The van der Waals surface area contributed by atoms with E-state index in [4.69, 9.17) is 0 Å². The van der Waals surface area contributed by atoms with Crippen LogP contribution in [0.5, 0.6) is 0 Å². The fourth-order valence-electron chi connectivity index (χ4n) is 3.28. The van der Waals surface area contributed by atoms with E-state index < -0.39 is 12.0 Å². The molecule has 142 valence electrons. The smallest absolute Gasteiger partial charge is 0.326 e. The molecule has 0 unspecified atom stereocenters. The highest BCUT2D eigenvalue weighted by Gasteiger charge is 2.31. The molecule has 0 spiro atoms. The molecule has 1 saturated heterocycles. The second kappa shape index (κ2) is 9.94. The fourth-order valence-corrected chi connectivity index (χ4v) is 3.28. The molecule has 0 aliphatic carbocycles. The monoisotopic (exact) mass is 360 g/mol. The summed E-state index contributed by atoms with van der Waals surface area (Å²) in [6.07, 6.45) is 4.57. The third-order valence-corrected chi connectivity index (χ3v) is 4.81. The SMILES string of the molecule is CCCCC[C@H](NC(=O)[C@H]1CCCN(C(=O)c2ccccc2)C1)C(=O)O. The Hall–Kier alpha value is -2.37. The van der Waals surface area contributed by atoms with E-state index in [2.05, 4.69) is 12.2 Å². The number of nitrogens with zero attached hydrogens (tertiary/aromatic N) is 1. The molecule has 6 nitrogen and oxygen atoms in total. The Morgan fingerprint density at radius 2 is 1.96 bits per heavy atom. The summed E-state index contributed by atoms with van der Waals surface area (Å²) in [5, 5.41) is 12.0. The molecule has 1 aliphatic rings. The highest BCUT2D eigenvalue weighted by atomic mass is 16.4. The van der Waals surface area contributed by atoms with Crippen LogP contribution in [0, 0.1) is 5.92 Å². The van der Waals surface area contributed by atoms with Crippen LogP contribution in [0.4, 0.5) is 0 Å². The summed E-state index contributed by atoms with van der Waals surface area (Å²) in [6, 6.07) is 8.16. The Morgan fingerprint density at radius 3 is 2.62 bits per heavy atom. The van der Waals surface area contributed by atoms with Gasteiger partial charge in [0.05, 0.1) is 5.92 Å². The standard InChI is InChI=1S/C20H28N2O4/c1-2-3-5-12-17(20(25)26)21-18(23)16-11-8-13-22(14-16)19(24)15-9-6-4-7-10-15/h4,6-7,9-10,16-17H,2-3,5,8,11-14H2,1H3,(H,21,23)(H,25,26)/t16-,17-/m0/s1. The van der Waals surface area contributed by atoms with Gasteiger partial charge in [0.2, 0.25) is 5.91 Å². The van der Waals surface area contributed by atoms with Gasteiger partial charge in [-0.1, -0.05) is 44.4 Å². The van der Waals surface area contributed by atoms with E-state index >= 15 is 0 Å². The molecule has 1 aliphatic heterocycles. The first-order valence-electron chi connectivity index (χ1n) is 9.40. The van der Waals surface area contributed by atoms with Gasteiger partial charge in [-0.3, -0.25) is 9.59 Å². The van der Waals surface area contributed by atoms with Gasteiger partial charge < -0.3 is 15.3 Å². The molecule has 6 heteroatoms. The minimum Gasteiger partial charge on any atom is -0.480 e. The van der Waals surface area contributed by atoms with Crippen LogP contribution in [0.1, 0.15) is 55.8 Å². The second-order valence-corrected chi connectivity index (χ2v) is 6.85. The van der Waals surface area contributed by atoms with Crippen LogP contribution in [-0.2, 0) is 9.59 Å². The van der Waals surface area contributed by atoms with E-state index in [1.54, 1.807) is 17.0 Å². The van der Waals surface area contributed by atoms with E-state index in [1.807, 2.05) is 18.2 Å². The number of rotatable bonds is 8. The van der Waals surface area contributed by atoms with E-state index in [0.29, 0.717) is 31.5 Å². The van der Waals surface area contributed by atoms with Crippen LogP contribution in [0.2, 0.25) is 0 Å². The van der Waals surface area contributed by atoms with Gasteiger partial charge in [0.1, 0.15) is 6.04 Å². The predicted molar refractivity (Wildman–Crippen MR) is 98.8 cm³/mol. The first-order chi connectivity index (χ1) is 12.5. The van der Waals surface area contributed by atoms with E-state index in [9.17, 15) is 19.5 Å². The molecule has 1 fully saturated rings. The minimum absolute atomic E-state index is 0.0826. The van der Waals surface area contributed by atoms with Crippen LogP contribution < -0.4 is 5.32 Å². The lowest BCUT2D eigenvalue weighted by Gasteiger charge is -2.32. The lowest BCUT2D eigenvalue weighted by molar-refractivity contribution is -0.143. The molecule has 2 rings (SSSR count). The fraction of sp³-hybridized carbons (Fsp3) is 0.550. The van der Waals surface area contributed by atoms with Crippen molar-refractivity contribution in [1.82, 2.24) is 10.2 Å². The van der Waals surface area contributed by atoms with Crippen molar-refractivity contribution in [2.75, 3.05) is 13.1 Å². The lowest BCUT2D eigenvalue weighted by atomic mass is 9.95. The Kier molecular flexibility index (Phi) is 7.63. The number of amides is 2. The average molecular weight is 360 g/mol. The number of unbranched alkanes of at least 4 members (excludes halogenated alkanes) is 2. The molecular weight excluding hydrogens is 332 g/mol. The molecule has 2 atom stereocenters. The maximum atomic E-state index is 12.6. The van der Waals surface area contributed by atoms with Crippen LogP contribution in [0.25, 0.3) is 0 Å². The summed E-state index contributed by atoms with van der Waals surface area (Å²) < 4.78 is 0. The van der Waals surface area contributed by atoms with E-state index in [1.165, 1.54) is 0 Å². The molecule has 26 heavy (non-hydrogen) atoms. The van der Waals surface area contributed by atoms with Crippen LogP contribution >= 0.6 is 0 Å². The maximum absolute atomic E-state index is 12.6. The van der Waals surface area contributed by atoms with Crippen molar-refractivity contribution >= 4 is 17.8 Å². The van der Waals surface area contributed by atoms with Gasteiger partial charge in [0.15, 0.2) is 0 Å². The molecule has 0 aromatic heterocycles. The molecular formula is C20H28N2O4. The zero-order valence-corrected chi connectivity index (χ0v) is 15.3. The van der Waals surface area contributed by atoms with Crippen molar-refractivity contribution in [2.24, 2.45) is 5.92 Å². The highest BCUT2D eigenvalue weighted by Crippen LogP contribution is 2.19. The van der Waals surface area contributed by atoms with Gasteiger partial charge >= 0.3 is 5.97 Å². The summed E-state index contributed by atoms with van der Waals surface area (Å²) in [7, 11) is 0. The predicted octanol–water partition coefficient (Wildman–Crippen LogP) is 2.69. The molecule has 1 heterocycles. The molecule has 1 aromatic rings. The third kappa shape index (κ3) is 5.58. The Morgan fingerprint density at radius 1 is 1.23 bits per heavy atom. The minimum atomic E-state index is -0.998. The summed E-state index contributed by atoms with van der Waals surface area (Å²) >= 11 is 0. The number of carboxylic acids is 1. The number of hydrogen-bond donors (Lipinski definition) is 2. The number of likely N-dealkylation sites (tertiary alicyclic amines) is 1.